The van der Waals surface area contributed by atoms with Crippen molar-refractivity contribution in [3.8, 4) is 0 Å². The minimum atomic E-state index is -0.355. The number of anilines is 1. The largest absolute Gasteiger partial charge is 0.390 e. The van der Waals surface area contributed by atoms with Crippen LogP contribution in [0.25, 0.3) is 0 Å². The van der Waals surface area contributed by atoms with Gasteiger partial charge in [-0.05, 0) is 39.3 Å². The van der Waals surface area contributed by atoms with E-state index in [9.17, 15) is 5.11 Å². The van der Waals surface area contributed by atoms with Crippen LogP contribution < -0.4 is 10.2 Å². The zero-order chi connectivity index (χ0) is 15.0. The number of nitrogens with zero attached hydrogens (tertiary/aromatic N) is 1. The smallest absolute Gasteiger partial charge is 0.0839 e. The van der Waals surface area contributed by atoms with Crippen molar-refractivity contribution in [2.75, 3.05) is 24.5 Å². The van der Waals surface area contributed by atoms with E-state index >= 15 is 0 Å². The number of hydrogen-bond acceptors (Lipinski definition) is 3. The van der Waals surface area contributed by atoms with E-state index in [1.54, 1.807) is 0 Å². The Hall–Kier alpha value is -1.06. The van der Waals surface area contributed by atoms with Crippen LogP contribution in [0.2, 0.25) is 0 Å². The minimum absolute atomic E-state index is 0.0436. The van der Waals surface area contributed by atoms with Gasteiger partial charge in [-0.2, -0.15) is 0 Å². The fraction of sp³-hybridized carbons (Fsp3) is 0.647. The first-order valence-corrected chi connectivity index (χ1v) is 7.65. The number of benzene rings is 1. The number of para-hydroxylation sites is 1. The molecule has 0 fully saturated rings. The van der Waals surface area contributed by atoms with Crippen LogP contribution in [0.4, 0.5) is 5.69 Å². The van der Waals surface area contributed by atoms with Crippen LogP contribution in [0.1, 0.15) is 40.5 Å². The normalized spacial score (nSPS) is 13.2. The molecule has 0 saturated carbocycles. The Morgan fingerprint density at radius 1 is 1.20 bits per heavy atom. The van der Waals surface area contributed by atoms with E-state index in [1.165, 1.54) is 12.1 Å². The van der Waals surface area contributed by atoms with E-state index in [-0.39, 0.29) is 11.6 Å². The van der Waals surface area contributed by atoms with Gasteiger partial charge in [0.15, 0.2) is 0 Å². The molecule has 0 aliphatic carbocycles. The van der Waals surface area contributed by atoms with Crippen LogP contribution in [0.15, 0.2) is 30.3 Å². The summed E-state index contributed by atoms with van der Waals surface area (Å²) in [5.74, 6) is 0. The van der Waals surface area contributed by atoms with Crippen molar-refractivity contribution >= 4 is 5.69 Å². The van der Waals surface area contributed by atoms with E-state index < -0.39 is 0 Å². The molecule has 0 aliphatic heterocycles. The number of aliphatic hydroxyl groups is 1. The van der Waals surface area contributed by atoms with Crippen molar-refractivity contribution in [1.82, 2.24) is 5.32 Å². The van der Waals surface area contributed by atoms with Crippen LogP contribution in [-0.2, 0) is 0 Å². The Morgan fingerprint density at radius 2 is 1.85 bits per heavy atom. The highest BCUT2D eigenvalue weighted by atomic mass is 16.3. The van der Waals surface area contributed by atoms with Crippen molar-refractivity contribution in [3.05, 3.63) is 30.3 Å². The van der Waals surface area contributed by atoms with Gasteiger partial charge in [0.2, 0.25) is 0 Å². The zero-order valence-electron chi connectivity index (χ0n) is 13.4. The predicted octanol–water partition coefficient (Wildman–Crippen LogP) is 3.04. The number of hydrogen-bond donors (Lipinski definition) is 2. The quantitative estimate of drug-likeness (QED) is 0.767. The highest BCUT2D eigenvalue weighted by molar-refractivity contribution is 5.46. The number of nitrogens with one attached hydrogen (secondary N) is 1. The fourth-order valence-electron chi connectivity index (χ4n) is 2.06. The Bertz CT molecular complexity index is 359. The molecule has 0 amide bonds. The number of aliphatic hydroxyl groups excluding tert-OH is 1. The summed E-state index contributed by atoms with van der Waals surface area (Å²) in [7, 11) is 0. The molecule has 1 unspecified atom stereocenters. The first-order valence-electron chi connectivity index (χ1n) is 7.65. The van der Waals surface area contributed by atoms with Gasteiger partial charge in [0.05, 0.1) is 6.10 Å². The predicted molar refractivity (Wildman–Crippen MR) is 87.3 cm³/mol. The molecule has 0 aliphatic rings. The van der Waals surface area contributed by atoms with Crippen molar-refractivity contribution in [2.24, 2.45) is 0 Å². The Morgan fingerprint density at radius 3 is 2.40 bits per heavy atom. The molecule has 1 aromatic carbocycles. The molecule has 3 heteroatoms. The molecule has 0 radical (unpaired) electrons. The number of unbranched alkanes of at least 4 members (excludes halogenated alkanes) is 1. The van der Waals surface area contributed by atoms with Gasteiger partial charge in [-0.15, -0.1) is 0 Å². The summed E-state index contributed by atoms with van der Waals surface area (Å²) in [5, 5.41) is 13.6. The Balaban J connectivity index is 2.56. The third kappa shape index (κ3) is 6.92. The number of β-amino-alcohol motifs (C(OH)–C–C–N with tert-alkyl or cyclic N) is 1. The summed E-state index contributed by atoms with van der Waals surface area (Å²) in [4.78, 5) is 2.28. The zero-order valence-corrected chi connectivity index (χ0v) is 13.4. The average molecular weight is 278 g/mol. The number of rotatable bonds is 8. The molecular weight excluding hydrogens is 248 g/mol. The molecule has 0 spiro atoms. The maximum Gasteiger partial charge on any atom is 0.0839 e. The van der Waals surface area contributed by atoms with Crippen LogP contribution in [0, 0.1) is 0 Å². The molecule has 114 valence electrons. The summed E-state index contributed by atoms with van der Waals surface area (Å²) >= 11 is 0. The van der Waals surface area contributed by atoms with Gasteiger partial charge in [-0.25, -0.2) is 0 Å². The van der Waals surface area contributed by atoms with Crippen molar-refractivity contribution < 1.29 is 5.11 Å². The van der Waals surface area contributed by atoms with Gasteiger partial charge in [-0.3, -0.25) is 0 Å². The van der Waals surface area contributed by atoms with Crippen LogP contribution in [-0.4, -0.2) is 36.4 Å². The lowest BCUT2D eigenvalue weighted by Gasteiger charge is -2.29. The molecule has 1 rings (SSSR count). The van der Waals surface area contributed by atoms with E-state index in [1.807, 2.05) is 18.2 Å². The highest BCUT2D eigenvalue weighted by Crippen LogP contribution is 2.14. The lowest BCUT2D eigenvalue weighted by atomic mass is 10.1. The minimum Gasteiger partial charge on any atom is -0.390 e. The van der Waals surface area contributed by atoms with Gasteiger partial charge < -0.3 is 15.3 Å². The van der Waals surface area contributed by atoms with Gasteiger partial charge in [0.25, 0.3) is 0 Å². The highest BCUT2D eigenvalue weighted by Gasteiger charge is 2.15. The van der Waals surface area contributed by atoms with Gasteiger partial charge in [0.1, 0.15) is 0 Å². The second-order valence-corrected chi connectivity index (χ2v) is 6.42. The lowest BCUT2D eigenvalue weighted by molar-refractivity contribution is 0.165. The maximum absolute atomic E-state index is 10.2. The van der Waals surface area contributed by atoms with Crippen LogP contribution in [0.3, 0.4) is 0 Å². The fourth-order valence-corrected chi connectivity index (χ4v) is 2.06. The SMILES string of the molecule is CCCCN(CC(O)CNC(C)(C)C)c1ccccc1. The second-order valence-electron chi connectivity index (χ2n) is 6.42. The molecule has 1 aromatic rings. The van der Waals surface area contributed by atoms with Gasteiger partial charge in [0, 0.05) is 30.9 Å². The van der Waals surface area contributed by atoms with Crippen molar-refractivity contribution in [1.29, 1.82) is 0 Å². The maximum atomic E-state index is 10.2. The average Bonchev–Trinajstić information content (AvgIpc) is 2.41. The Labute approximate surface area is 124 Å². The first kappa shape index (κ1) is 17.0. The molecule has 1 atom stereocenters. The van der Waals surface area contributed by atoms with E-state index in [0.29, 0.717) is 13.1 Å². The summed E-state index contributed by atoms with van der Waals surface area (Å²) < 4.78 is 0. The summed E-state index contributed by atoms with van der Waals surface area (Å²) in [5.41, 5.74) is 1.23. The second kappa shape index (κ2) is 8.28. The molecule has 0 saturated heterocycles. The summed E-state index contributed by atoms with van der Waals surface area (Å²) in [6.45, 7) is 10.8. The Kier molecular flexibility index (Phi) is 7.03. The van der Waals surface area contributed by atoms with Gasteiger partial charge >= 0.3 is 0 Å². The lowest BCUT2D eigenvalue weighted by Crippen LogP contribution is -2.45. The molecule has 0 aromatic heterocycles. The van der Waals surface area contributed by atoms with E-state index in [0.717, 1.165) is 13.0 Å². The topological polar surface area (TPSA) is 35.5 Å². The van der Waals surface area contributed by atoms with Crippen LogP contribution in [0.5, 0.6) is 0 Å². The van der Waals surface area contributed by atoms with Crippen LogP contribution >= 0.6 is 0 Å². The van der Waals surface area contributed by atoms with E-state index in [2.05, 4.69) is 50.0 Å². The standard InChI is InChI=1S/C17H30N2O/c1-5-6-12-19(15-10-8-7-9-11-15)14-16(20)13-18-17(2,3)4/h7-11,16,18,20H,5-6,12-14H2,1-4H3. The third-order valence-corrected chi connectivity index (χ3v) is 3.20. The molecule has 0 bridgehead atoms. The monoisotopic (exact) mass is 278 g/mol. The van der Waals surface area contributed by atoms with Gasteiger partial charge in [-0.1, -0.05) is 31.5 Å². The van der Waals surface area contributed by atoms with Crippen molar-refractivity contribution in [2.45, 2.75) is 52.2 Å². The molecule has 2 N–H and O–H groups in total. The summed E-state index contributed by atoms with van der Waals surface area (Å²) in [6, 6.07) is 10.3. The molecule has 3 nitrogen and oxygen atoms in total. The van der Waals surface area contributed by atoms with E-state index in [4.69, 9.17) is 0 Å². The molecule has 0 heterocycles. The first-order chi connectivity index (χ1) is 9.42. The molecular formula is C17H30N2O. The summed E-state index contributed by atoms with van der Waals surface area (Å²) in [6.07, 6.45) is 1.96. The van der Waals surface area contributed by atoms with Crippen molar-refractivity contribution in [3.63, 3.8) is 0 Å². The molecule has 20 heavy (non-hydrogen) atoms. The third-order valence-electron chi connectivity index (χ3n) is 3.20.